The summed E-state index contributed by atoms with van der Waals surface area (Å²) < 4.78 is 6.91. The molecule has 262 valence electrons. The number of ether oxygens (including phenoxy) is 1. The predicted octanol–water partition coefficient (Wildman–Crippen LogP) is 6.32. The molecule has 0 aromatic heterocycles. The van der Waals surface area contributed by atoms with Crippen molar-refractivity contribution in [1.82, 2.24) is 15.1 Å². The lowest BCUT2D eigenvalue weighted by Crippen LogP contribution is -2.52. The number of carbonyl (C=O) groups excluding carboxylic acids is 3. The zero-order chi connectivity index (χ0) is 35.2. The summed E-state index contributed by atoms with van der Waals surface area (Å²) in [4.78, 5) is 44.0. The van der Waals surface area contributed by atoms with Gasteiger partial charge in [0, 0.05) is 72.3 Å². The van der Waals surface area contributed by atoms with Gasteiger partial charge in [0.25, 0.3) is 5.91 Å². The lowest BCUT2D eigenvalue weighted by molar-refractivity contribution is -0.136. The number of rotatable bonds is 7. The normalized spacial score (nSPS) is 22.1. The van der Waals surface area contributed by atoms with Gasteiger partial charge >= 0.3 is 0 Å². The molecule has 2 N–H and O–H groups in total. The molecule has 9 nitrogen and oxygen atoms in total. The van der Waals surface area contributed by atoms with Crippen molar-refractivity contribution in [2.45, 2.75) is 62.7 Å². The highest BCUT2D eigenvalue weighted by atomic mass is 79.9. The minimum atomic E-state index is -0.623. The number of halogens is 1. The Labute approximate surface area is 306 Å². The molecular formula is C41H41BrN4O5. The monoisotopic (exact) mass is 748 g/mol. The molecule has 3 amide bonds. The summed E-state index contributed by atoms with van der Waals surface area (Å²) in [5, 5.41) is 12.5. The van der Waals surface area contributed by atoms with E-state index in [1.807, 2.05) is 18.2 Å². The number of amides is 3. The number of fused-ring (bicyclic) bond motifs is 2. The second-order valence-corrected chi connectivity index (χ2v) is 15.1. The van der Waals surface area contributed by atoms with Crippen molar-refractivity contribution in [3.63, 3.8) is 0 Å². The van der Waals surface area contributed by atoms with Gasteiger partial charge in [-0.2, -0.15) is 0 Å². The Bertz CT molecular complexity index is 1980. The number of nitrogens with one attached hydrogen (secondary N) is 1. The Morgan fingerprint density at radius 3 is 2.43 bits per heavy atom. The molecule has 4 aromatic rings. The van der Waals surface area contributed by atoms with E-state index in [1.165, 1.54) is 16.8 Å². The van der Waals surface area contributed by atoms with E-state index in [2.05, 4.69) is 92.7 Å². The number of phenols is 1. The summed E-state index contributed by atoms with van der Waals surface area (Å²) in [6.45, 7) is 3.60. The van der Waals surface area contributed by atoms with Crippen molar-refractivity contribution < 1.29 is 24.2 Å². The van der Waals surface area contributed by atoms with Crippen LogP contribution in [0, 0.1) is 0 Å². The summed E-state index contributed by atoms with van der Waals surface area (Å²) in [6.07, 6.45) is 2.68. The highest BCUT2D eigenvalue weighted by Crippen LogP contribution is 2.47. The first kappa shape index (κ1) is 33.5. The van der Waals surface area contributed by atoms with E-state index in [1.54, 1.807) is 17.0 Å². The molecule has 0 radical (unpaired) electrons. The van der Waals surface area contributed by atoms with Gasteiger partial charge in [-0.25, -0.2) is 0 Å². The van der Waals surface area contributed by atoms with Gasteiger partial charge in [0.2, 0.25) is 11.8 Å². The Kier molecular flexibility index (Phi) is 9.06. The first-order valence-corrected chi connectivity index (χ1v) is 18.5. The molecule has 51 heavy (non-hydrogen) atoms. The third-order valence-electron chi connectivity index (χ3n) is 11.2. The molecule has 1 unspecified atom stereocenters. The van der Waals surface area contributed by atoms with Crippen LogP contribution in [-0.4, -0.2) is 71.5 Å². The van der Waals surface area contributed by atoms with E-state index in [9.17, 15) is 19.5 Å². The third-order valence-corrected chi connectivity index (χ3v) is 11.8. The highest BCUT2D eigenvalue weighted by Gasteiger charge is 2.40. The van der Waals surface area contributed by atoms with Gasteiger partial charge in [0.05, 0.1) is 12.2 Å². The number of phenolic OH excluding ortho intramolecular Hbond substituents is 1. The summed E-state index contributed by atoms with van der Waals surface area (Å²) in [5.41, 5.74) is 7.45. The molecule has 4 aliphatic rings. The summed E-state index contributed by atoms with van der Waals surface area (Å²) in [7, 11) is 2.17. The molecule has 8 rings (SSSR count). The van der Waals surface area contributed by atoms with Crippen LogP contribution in [0.15, 0.2) is 89.4 Å². The van der Waals surface area contributed by atoms with E-state index in [4.69, 9.17) is 4.74 Å². The van der Waals surface area contributed by atoms with Crippen molar-refractivity contribution in [1.29, 1.82) is 0 Å². The molecule has 0 aliphatic carbocycles. The number of nitrogens with zero attached hydrogens (tertiary/aromatic N) is 3. The second kappa shape index (κ2) is 13.8. The summed E-state index contributed by atoms with van der Waals surface area (Å²) in [5.74, 6) is 0.394. The van der Waals surface area contributed by atoms with Crippen LogP contribution in [0.3, 0.4) is 0 Å². The van der Waals surface area contributed by atoms with Gasteiger partial charge in [-0.05, 0) is 88.8 Å². The average molecular weight is 750 g/mol. The molecular weight excluding hydrogens is 708 g/mol. The SMILES string of the molecule is CN(Cc1cc(Br)c2c(c1)CN(C1CCC(=O)NC1=O)C2=O)C1CCN(c2ccc([C@@H]3c4ccc(O)cc4OC[C@@H]3c3ccccc3)cc2)CC1. The first-order chi connectivity index (χ1) is 24.7. The maximum absolute atomic E-state index is 13.3. The number of benzene rings is 4. The third kappa shape index (κ3) is 6.51. The van der Waals surface area contributed by atoms with Crippen molar-refractivity contribution >= 4 is 39.3 Å². The number of anilines is 1. The zero-order valence-electron chi connectivity index (χ0n) is 28.6. The van der Waals surface area contributed by atoms with Gasteiger partial charge in [0.1, 0.15) is 17.5 Å². The lowest BCUT2D eigenvalue weighted by Gasteiger charge is -2.38. The Balaban J connectivity index is 0.915. The van der Waals surface area contributed by atoms with E-state index in [0.29, 0.717) is 31.2 Å². The maximum atomic E-state index is 13.3. The van der Waals surface area contributed by atoms with Crippen LogP contribution in [0.1, 0.15) is 75.7 Å². The van der Waals surface area contributed by atoms with E-state index in [-0.39, 0.29) is 35.8 Å². The molecule has 4 aromatic carbocycles. The topological polar surface area (TPSA) is 102 Å². The Hall–Kier alpha value is -4.67. The van der Waals surface area contributed by atoms with Crippen molar-refractivity contribution in [3.8, 4) is 11.5 Å². The molecule has 4 heterocycles. The van der Waals surface area contributed by atoms with Crippen LogP contribution in [0.2, 0.25) is 0 Å². The predicted molar refractivity (Wildman–Crippen MR) is 198 cm³/mol. The van der Waals surface area contributed by atoms with E-state index < -0.39 is 11.9 Å². The first-order valence-electron chi connectivity index (χ1n) is 17.7. The second-order valence-electron chi connectivity index (χ2n) is 14.3. The molecule has 2 fully saturated rings. The summed E-state index contributed by atoms with van der Waals surface area (Å²) in [6, 6.07) is 28.9. The largest absolute Gasteiger partial charge is 0.508 e. The minimum absolute atomic E-state index is 0.114. The fraction of sp³-hybridized carbons (Fsp3) is 0.341. The highest BCUT2D eigenvalue weighted by molar-refractivity contribution is 9.10. The zero-order valence-corrected chi connectivity index (χ0v) is 30.1. The van der Waals surface area contributed by atoms with Crippen LogP contribution < -0.4 is 15.0 Å². The average Bonchev–Trinajstić information content (AvgIpc) is 3.47. The number of carbonyl (C=O) groups is 3. The fourth-order valence-electron chi connectivity index (χ4n) is 8.48. The molecule has 10 heteroatoms. The fourth-order valence-corrected chi connectivity index (χ4v) is 9.20. The number of imide groups is 1. The number of hydrogen-bond acceptors (Lipinski definition) is 7. The van der Waals surface area contributed by atoms with Gasteiger partial charge in [-0.3, -0.25) is 24.6 Å². The Morgan fingerprint density at radius 2 is 1.69 bits per heavy atom. The smallest absolute Gasteiger partial charge is 0.256 e. The number of aromatic hydroxyl groups is 1. The van der Waals surface area contributed by atoms with Crippen LogP contribution in [0.25, 0.3) is 0 Å². The number of hydrogen-bond donors (Lipinski definition) is 2. The molecule has 3 atom stereocenters. The molecule has 0 saturated carbocycles. The van der Waals surface area contributed by atoms with Crippen LogP contribution in [0.5, 0.6) is 11.5 Å². The van der Waals surface area contributed by atoms with Crippen LogP contribution in [-0.2, 0) is 22.7 Å². The molecule has 4 aliphatic heterocycles. The lowest BCUT2D eigenvalue weighted by atomic mass is 9.76. The van der Waals surface area contributed by atoms with E-state index >= 15 is 0 Å². The molecule has 0 spiro atoms. The van der Waals surface area contributed by atoms with Gasteiger partial charge in [-0.1, -0.05) is 54.6 Å². The van der Waals surface area contributed by atoms with Crippen molar-refractivity contribution in [3.05, 3.63) is 123 Å². The van der Waals surface area contributed by atoms with Crippen LogP contribution in [0.4, 0.5) is 5.69 Å². The van der Waals surface area contributed by atoms with Crippen LogP contribution >= 0.6 is 15.9 Å². The number of piperidine rings is 2. The quantitative estimate of drug-likeness (QED) is 0.213. The summed E-state index contributed by atoms with van der Waals surface area (Å²) >= 11 is 3.65. The Morgan fingerprint density at radius 1 is 0.922 bits per heavy atom. The van der Waals surface area contributed by atoms with Gasteiger partial charge in [0.15, 0.2) is 0 Å². The van der Waals surface area contributed by atoms with Gasteiger partial charge in [-0.15, -0.1) is 0 Å². The van der Waals surface area contributed by atoms with Gasteiger partial charge < -0.3 is 19.6 Å². The van der Waals surface area contributed by atoms with Crippen molar-refractivity contribution in [2.75, 3.05) is 31.6 Å². The van der Waals surface area contributed by atoms with E-state index in [0.717, 1.165) is 59.4 Å². The standard InChI is InChI=1S/C41H41BrN4O5/c1-44(22-25-19-28-23-46(41(50)39(28)34(42)20-25)35-13-14-37(48)43-40(35)49)29-15-17-45(18-16-29)30-9-7-27(8-10-30)38-32-12-11-31(47)21-36(32)51-24-33(38)26-5-3-2-4-6-26/h2-12,19-21,29,33,35,38,47H,13-18,22-24H2,1H3,(H,43,48,49)/t33-,35?,38-/m1/s1. The molecule has 0 bridgehead atoms. The van der Waals surface area contributed by atoms with Crippen molar-refractivity contribution in [2.24, 2.45) is 0 Å². The molecule has 2 saturated heterocycles. The minimum Gasteiger partial charge on any atom is -0.508 e. The maximum Gasteiger partial charge on any atom is 0.256 e.